The lowest BCUT2D eigenvalue weighted by Crippen LogP contribution is -2.46. The lowest BCUT2D eigenvalue weighted by atomic mass is 10.0. The van der Waals surface area contributed by atoms with Crippen molar-refractivity contribution in [3.05, 3.63) is 64.5 Å². The molecule has 2 aromatic carbocycles. The van der Waals surface area contributed by atoms with Crippen LogP contribution in [-0.2, 0) is 25.1 Å². The van der Waals surface area contributed by atoms with Gasteiger partial charge in [0.2, 0.25) is 11.1 Å². The molecule has 8 nitrogen and oxygen atoms in total. The molecule has 3 unspecified atom stereocenters. The average molecular weight is 417 g/mol. The number of azide groups is 1. The third-order valence-electron chi connectivity index (χ3n) is 4.82. The molecule has 9 heteroatoms. The number of aryl methyl sites for hydroxylation is 1. The van der Waals surface area contributed by atoms with Gasteiger partial charge in [-0.25, -0.2) is 14.0 Å². The molecule has 0 amide bonds. The number of benzene rings is 2. The standard InChI is InChI=1S/C20H24N4O4S/c1-15-3-5-16(6-4-15)17-7-9-20(10-8-17)29(25)28-24-12-11-18(22-23-21)13-19(24)14-27-26-2/h3-10,18-19H,11-14H2,1-2H3. The van der Waals surface area contributed by atoms with Crippen molar-refractivity contribution < 1.29 is 18.3 Å². The van der Waals surface area contributed by atoms with E-state index in [4.69, 9.17) is 14.7 Å². The summed E-state index contributed by atoms with van der Waals surface area (Å²) in [6, 6.07) is 15.3. The number of piperidine rings is 1. The minimum absolute atomic E-state index is 0.146. The molecule has 1 aliphatic heterocycles. The highest BCUT2D eigenvalue weighted by Crippen LogP contribution is 2.25. The fraction of sp³-hybridized carbons (Fsp3) is 0.400. The van der Waals surface area contributed by atoms with Crippen LogP contribution < -0.4 is 0 Å². The summed E-state index contributed by atoms with van der Waals surface area (Å²) >= 11 is -1.66. The quantitative estimate of drug-likeness (QED) is 0.210. The molecule has 154 valence electrons. The third kappa shape index (κ3) is 5.86. The van der Waals surface area contributed by atoms with E-state index in [-0.39, 0.29) is 18.7 Å². The van der Waals surface area contributed by atoms with Gasteiger partial charge in [0, 0.05) is 17.5 Å². The SMILES string of the molecule is COOCC1CC(N=[N+]=[N-])CCN1OS(=O)c1ccc(-c2ccc(C)cc2)cc1. The Labute approximate surface area is 172 Å². The van der Waals surface area contributed by atoms with Crippen LogP contribution in [0, 0.1) is 6.92 Å². The van der Waals surface area contributed by atoms with E-state index in [0.29, 0.717) is 24.3 Å². The molecule has 3 atom stereocenters. The first-order valence-corrected chi connectivity index (χ1v) is 10.4. The summed E-state index contributed by atoms with van der Waals surface area (Å²) in [5, 5.41) is 5.42. The van der Waals surface area contributed by atoms with E-state index < -0.39 is 11.1 Å². The predicted molar refractivity (Wildman–Crippen MR) is 110 cm³/mol. The minimum Gasteiger partial charge on any atom is -0.240 e. The van der Waals surface area contributed by atoms with Gasteiger partial charge in [-0.15, -0.1) is 0 Å². The van der Waals surface area contributed by atoms with Crippen LogP contribution in [0.15, 0.2) is 58.5 Å². The minimum atomic E-state index is -1.66. The first-order valence-electron chi connectivity index (χ1n) is 9.34. The molecule has 1 saturated heterocycles. The van der Waals surface area contributed by atoms with Gasteiger partial charge in [-0.1, -0.05) is 47.1 Å². The highest BCUT2D eigenvalue weighted by molar-refractivity contribution is 7.80. The number of hydrogen-bond donors (Lipinski definition) is 0. The summed E-state index contributed by atoms with van der Waals surface area (Å²) in [5.41, 5.74) is 12.0. The van der Waals surface area contributed by atoms with E-state index >= 15 is 0 Å². The molecule has 29 heavy (non-hydrogen) atoms. The molecular formula is C20H24N4O4S. The van der Waals surface area contributed by atoms with Gasteiger partial charge in [-0.3, -0.25) is 0 Å². The molecule has 1 heterocycles. The highest BCUT2D eigenvalue weighted by atomic mass is 32.2. The van der Waals surface area contributed by atoms with E-state index in [1.807, 2.05) is 19.1 Å². The Morgan fingerprint density at radius 3 is 2.45 bits per heavy atom. The molecular weight excluding hydrogens is 392 g/mol. The zero-order chi connectivity index (χ0) is 20.6. The van der Waals surface area contributed by atoms with Gasteiger partial charge in [0.15, 0.2) is 0 Å². The van der Waals surface area contributed by atoms with E-state index in [1.54, 1.807) is 17.2 Å². The molecule has 0 radical (unpaired) electrons. The number of hydrogen-bond acceptors (Lipinski definition) is 6. The highest BCUT2D eigenvalue weighted by Gasteiger charge is 2.31. The van der Waals surface area contributed by atoms with E-state index in [0.717, 1.165) is 11.1 Å². The molecule has 0 saturated carbocycles. The fourth-order valence-corrected chi connectivity index (χ4v) is 4.03. The zero-order valence-corrected chi connectivity index (χ0v) is 17.2. The van der Waals surface area contributed by atoms with Gasteiger partial charge in [-0.2, -0.15) is 9.35 Å². The van der Waals surface area contributed by atoms with Gasteiger partial charge in [-0.05, 0) is 48.6 Å². The van der Waals surface area contributed by atoms with Crippen molar-refractivity contribution in [3.63, 3.8) is 0 Å². The molecule has 0 bridgehead atoms. The average Bonchev–Trinajstić information content (AvgIpc) is 2.74. The van der Waals surface area contributed by atoms with Crippen LogP contribution in [0.2, 0.25) is 0 Å². The van der Waals surface area contributed by atoms with Crippen molar-refractivity contribution in [2.45, 2.75) is 36.7 Å². The topological polar surface area (TPSA) is 96.8 Å². The number of hydroxylamine groups is 2. The van der Waals surface area contributed by atoms with Crippen molar-refractivity contribution in [1.29, 1.82) is 0 Å². The van der Waals surface area contributed by atoms with Crippen LogP contribution in [-0.4, -0.2) is 41.6 Å². The van der Waals surface area contributed by atoms with Gasteiger partial charge < -0.3 is 0 Å². The first kappa shape index (κ1) is 21.4. The van der Waals surface area contributed by atoms with Crippen LogP contribution >= 0.6 is 0 Å². The first-order chi connectivity index (χ1) is 14.1. The Bertz CT molecular complexity index is 869. The monoisotopic (exact) mass is 416 g/mol. The van der Waals surface area contributed by atoms with Crippen LogP contribution in [0.5, 0.6) is 0 Å². The zero-order valence-electron chi connectivity index (χ0n) is 16.4. The van der Waals surface area contributed by atoms with Crippen LogP contribution in [0.25, 0.3) is 21.6 Å². The fourth-order valence-electron chi connectivity index (χ4n) is 3.22. The smallest absolute Gasteiger partial charge is 0.206 e. The second kappa shape index (κ2) is 10.5. The van der Waals surface area contributed by atoms with Crippen molar-refractivity contribution >= 4 is 11.1 Å². The Morgan fingerprint density at radius 2 is 1.83 bits per heavy atom. The molecule has 1 fully saturated rings. The van der Waals surface area contributed by atoms with Gasteiger partial charge in [0.05, 0.1) is 18.0 Å². The van der Waals surface area contributed by atoms with E-state index in [1.165, 1.54) is 12.7 Å². The normalized spacial score (nSPS) is 20.8. The van der Waals surface area contributed by atoms with Crippen molar-refractivity contribution in [3.8, 4) is 11.1 Å². The van der Waals surface area contributed by atoms with Crippen LogP contribution in [0.4, 0.5) is 0 Å². The summed E-state index contributed by atoms with van der Waals surface area (Å²) in [6.45, 7) is 2.75. The Balaban J connectivity index is 1.66. The molecule has 0 aromatic heterocycles. The molecule has 3 rings (SSSR count). The van der Waals surface area contributed by atoms with Crippen molar-refractivity contribution in [1.82, 2.24) is 5.06 Å². The predicted octanol–water partition coefficient (Wildman–Crippen LogP) is 4.34. The van der Waals surface area contributed by atoms with Gasteiger partial charge >= 0.3 is 0 Å². The maximum Gasteiger partial charge on any atom is 0.206 e. The van der Waals surface area contributed by atoms with Crippen molar-refractivity contribution in [2.24, 2.45) is 5.11 Å². The van der Waals surface area contributed by atoms with Gasteiger partial charge in [0.1, 0.15) is 6.61 Å². The lowest BCUT2D eigenvalue weighted by Gasteiger charge is -2.35. The van der Waals surface area contributed by atoms with Gasteiger partial charge in [0.25, 0.3) is 0 Å². The summed E-state index contributed by atoms with van der Waals surface area (Å²) in [6.07, 6.45) is 1.16. The third-order valence-corrected chi connectivity index (χ3v) is 5.81. The summed E-state index contributed by atoms with van der Waals surface area (Å²) < 4.78 is 18.4. The molecule has 0 aliphatic carbocycles. The van der Waals surface area contributed by atoms with Crippen molar-refractivity contribution in [2.75, 3.05) is 20.3 Å². The summed E-state index contributed by atoms with van der Waals surface area (Å²) in [4.78, 5) is 13.2. The maximum absolute atomic E-state index is 12.7. The summed E-state index contributed by atoms with van der Waals surface area (Å²) in [5.74, 6) is 0. The number of rotatable bonds is 8. The lowest BCUT2D eigenvalue weighted by molar-refractivity contribution is -0.291. The van der Waals surface area contributed by atoms with Crippen LogP contribution in [0.1, 0.15) is 18.4 Å². The van der Waals surface area contributed by atoms with E-state index in [9.17, 15) is 4.21 Å². The maximum atomic E-state index is 12.7. The number of nitrogens with zero attached hydrogens (tertiary/aromatic N) is 4. The van der Waals surface area contributed by atoms with E-state index in [2.05, 4.69) is 39.2 Å². The summed E-state index contributed by atoms with van der Waals surface area (Å²) in [7, 11) is 1.42. The largest absolute Gasteiger partial charge is 0.240 e. The molecule has 0 spiro atoms. The molecule has 0 N–H and O–H groups in total. The Morgan fingerprint density at radius 1 is 1.17 bits per heavy atom. The molecule has 2 aromatic rings. The second-order valence-electron chi connectivity index (χ2n) is 6.83. The van der Waals surface area contributed by atoms with Crippen LogP contribution in [0.3, 0.4) is 0 Å². The molecule has 1 aliphatic rings. The Hall–Kier alpha value is -2.26. The Kier molecular flexibility index (Phi) is 7.76. The second-order valence-corrected chi connectivity index (χ2v) is 7.92.